The van der Waals surface area contributed by atoms with Crippen LogP contribution in [-0.2, 0) is 0 Å². The molecule has 1 aromatic carbocycles. The lowest BCUT2D eigenvalue weighted by Crippen LogP contribution is -2.37. The molecule has 1 aliphatic heterocycles. The van der Waals surface area contributed by atoms with E-state index >= 15 is 0 Å². The standard InChI is InChI=1S/C16H19NO2S/c1-12-8-13(4-3-6-18)10-14(9-12)16(19)17(2)15-5-7-20-11-15/h8-10,15,18H,5-7,11H2,1-2H3. The Hall–Kier alpha value is -1.44. The van der Waals surface area contributed by atoms with Gasteiger partial charge >= 0.3 is 0 Å². The van der Waals surface area contributed by atoms with Crippen molar-refractivity contribution >= 4 is 17.7 Å². The number of aliphatic hydroxyl groups excluding tert-OH is 1. The predicted molar refractivity (Wildman–Crippen MR) is 83.0 cm³/mol. The van der Waals surface area contributed by atoms with E-state index in [-0.39, 0.29) is 12.5 Å². The van der Waals surface area contributed by atoms with Crippen molar-refractivity contribution in [2.45, 2.75) is 19.4 Å². The van der Waals surface area contributed by atoms with Gasteiger partial charge < -0.3 is 10.0 Å². The van der Waals surface area contributed by atoms with Gasteiger partial charge in [0.05, 0.1) is 0 Å². The van der Waals surface area contributed by atoms with Gasteiger partial charge in [-0.05, 0) is 42.9 Å². The van der Waals surface area contributed by atoms with Gasteiger partial charge in [0.2, 0.25) is 0 Å². The zero-order valence-electron chi connectivity index (χ0n) is 11.8. The van der Waals surface area contributed by atoms with Gasteiger partial charge in [-0.1, -0.05) is 11.8 Å². The van der Waals surface area contributed by atoms with Crippen LogP contribution in [0.4, 0.5) is 0 Å². The number of amides is 1. The van der Waals surface area contributed by atoms with Crippen molar-refractivity contribution in [2.75, 3.05) is 25.2 Å². The first kappa shape index (κ1) is 15.0. The second-order valence-corrected chi connectivity index (χ2v) is 6.13. The van der Waals surface area contributed by atoms with Crippen LogP contribution in [0.15, 0.2) is 18.2 Å². The normalized spacial score (nSPS) is 17.4. The van der Waals surface area contributed by atoms with Crippen molar-refractivity contribution in [3.63, 3.8) is 0 Å². The van der Waals surface area contributed by atoms with Crippen LogP contribution in [0.5, 0.6) is 0 Å². The van der Waals surface area contributed by atoms with E-state index in [1.165, 1.54) is 0 Å². The maximum Gasteiger partial charge on any atom is 0.253 e. The number of benzene rings is 1. The summed E-state index contributed by atoms with van der Waals surface area (Å²) < 4.78 is 0. The first-order chi connectivity index (χ1) is 9.61. The summed E-state index contributed by atoms with van der Waals surface area (Å²) in [4.78, 5) is 14.4. The summed E-state index contributed by atoms with van der Waals surface area (Å²) in [5.74, 6) is 7.68. The number of aryl methyl sites for hydroxylation is 1. The van der Waals surface area contributed by atoms with Crippen molar-refractivity contribution in [1.82, 2.24) is 4.90 Å². The Morgan fingerprint density at radius 2 is 2.30 bits per heavy atom. The van der Waals surface area contributed by atoms with Gasteiger partial charge in [-0.25, -0.2) is 0 Å². The number of aliphatic hydroxyl groups is 1. The Bertz CT molecular complexity index is 553. The van der Waals surface area contributed by atoms with E-state index in [0.717, 1.165) is 29.1 Å². The highest BCUT2D eigenvalue weighted by Crippen LogP contribution is 2.23. The van der Waals surface area contributed by atoms with Gasteiger partial charge in [0, 0.05) is 30.0 Å². The van der Waals surface area contributed by atoms with E-state index in [0.29, 0.717) is 11.6 Å². The van der Waals surface area contributed by atoms with Crippen LogP contribution >= 0.6 is 11.8 Å². The second-order valence-electron chi connectivity index (χ2n) is 4.98. The molecule has 1 atom stereocenters. The summed E-state index contributed by atoms with van der Waals surface area (Å²) in [5.41, 5.74) is 2.45. The van der Waals surface area contributed by atoms with Crippen molar-refractivity contribution < 1.29 is 9.90 Å². The molecule has 1 saturated heterocycles. The van der Waals surface area contributed by atoms with Crippen molar-refractivity contribution in [1.29, 1.82) is 0 Å². The summed E-state index contributed by atoms with van der Waals surface area (Å²) in [6.07, 6.45) is 1.07. The van der Waals surface area contributed by atoms with E-state index in [2.05, 4.69) is 11.8 Å². The molecule has 0 radical (unpaired) electrons. The van der Waals surface area contributed by atoms with E-state index in [9.17, 15) is 4.79 Å². The Labute approximate surface area is 124 Å². The van der Waals surface area contributed by atoms with Crippen molar-refractivity contribution in [3.8, 4) is 11.8 Å². The van der Waals surface area contributed by atoms with E-state index < -0.39 is 0 Å². The monoisotopic (exact) mass is 289 g/mol. The number of nitrogens with zero attached hydrogens (tertiary/aromatic N) is 1. The molecule has 106 valence electrons. The summed E-state index contributed by atoms with van der Waals surface area (Å²) in [6.45, 7) is 1.78. The maximum absolute atomic E-state index is 12.5. The molecule has 0 aromatic heterocycles. The minimum Gasteiger partial charge on any atom is -0.384 e. The Morgan fingerprint density at radius 1 is 1.50 bits per heavy atom. The van der Waals surface area contributed by atoms with Gasteiger partial charge in [0.1, 0.15) is 6.61 Å². The number of hydrogen-bond acceptors (Lipinski definition) is 3. The molecular formula is C16H19NO2S. The smallest absolute Gasteiger partial charge is 0.253 e. The number of carbonyl (C=O) groups is 1. The predicted octanol–water partition coefficient (Wildman–Crippen LogP) is 1.92. The van der Waals surface area contributed by atoms with Crippen LogP contribution in [0, 0.1) is 18.8 Å². The molecule has 0 saturated carbocycles. The van der Waals surface area contributed by atoms with Gasteiger partial charge in [-0.15, -0.1) is 0 Å². The minimum absolute atomic E-state index is 0.0493. The van der Waals surface area contributed by atoms with Crippen LogP contribution < -0.4 is 0 Å². The SMILES string of the molecule is Cc1cc(C#CCO)cc(C(=O)N(C)C2CCSC2)c1. The molecule has 1 unspecified atom stereocenters. The summed E-state index contributed by atoms with van der Waals surface area (Å²) >= 11 is 1.90. The Kier molecular flexibility index (Phi) is 5.11. The zero-order chi connectivity index (χ0) is 14.5. The molecule has 2 rings (SSSR count). The molecule has 0 bridgehead atoms. The van der Waals surface area contributed by atoms with E-state index in [4.69, 9.17) is 5.11 Å². The zero-order valence-corrected chi connectivity index (χ0v) is 12.7. The summed E-state index contributed by atoms with van der Waals surface area (Å²) in [5, 5.41) is 8.76. The minimum atomic E-state index is -0.170. The largest absolute Gasteiger partial charge is 0.384 e. The lowest BCUT2D eigenvalue weighted by molar-refractivity contribution is 0.0747. The van der Waals surface area contributed by atoms with Crippen LogP contribution in [0.2, 0.25) is 0 Å². The first-order valence-corrected chi connectivity index (χ1v) is 7.83. The first-order valence-electron chi connectivity index (χ1n) is 6.68. The molecule has 0 aliphatic carbocycles. The van der Waals surface area contributed by atoms with Gasteiger partial charge in [-0.3, -0.25) is 4.79 Å². The fraction of sp³-hybridized carbons (Fsp3) is 0.438. The average Bonchev–Trinajstić information content (AvgIpc) is 2.97. The molecule has 1 amide bonds. The number of hydrogen-bond donors (Lipinski definition) is 1. The molecule has 4 heteroatoms. The Balaban J connectivity index is 2.22. The molecule has 1 aromatic rings. The third-order valence-electron chi connectivity index (χ3n) is 3.41. The fourth-order valence-corrected chi connectivity index (χ4v) is 3.59. The highest BCUT2D eigenvalue weighted by Gasteiger charge is 2.24. The maximum atomic E-state index is 12.5. The summed E-state index contributed by atoms with van der Waals surface area (Å²) in [7, 11) is 1.88. The summed E-state index contributed by atoms with van der Waals surface area (Å²) in [6, 6.07) is 5.95. The van der Waals surface area contributed by atoms with E-state index in [1.54, 1.807) is 6.07 Å². The quantitative estimate of drug-likeness (QED) is 0.846. The number of rotatable bonds is 2. The average molecular weight is 289 g/mol. The van der Waals surface area contributed by atoms with Crippen LogP contribution in [0.25, 0.3) is 0 Å². The van der Waals surface area contributed by atoms with Crippen molar-refractivity contribution in [2.24, 2.45) is 0 Å². The molecule has 0 spiro atoms. The highest BCUT2D eigenvalue weighted by molar-refractivity contribution is 7.99. The van der Waals surface area contributed by atoms with Gasteiger partial charge in [0.25, 0.3) is 5.91 Å². The number of thioether (sulfide) groups is 1. The fourth-order valence-electron chi connectivity index (χ4n) is 2.32. The number of carbonyl (C=O) groups excluding carboxylic acids is 1. The van der Waals surface area contributed by atoms with Crippen LogP contribution in [0.3, 0.4) is 0 Å². The molecule has 20 heavy (non-hydrogen) atoms. The Morgan fingerprint density at radius 3 is 2.95 bits per heavy atom. The van der Waals surface area contributed by atoms with Gasteiger partial charge in [-0.2, -0.15) is 11.8 Å². The molecule has 1 aliphatic rings. The topological polar surface area (TPSA) is 40.5 Å². The molecule has 1 fully saturated rings. The second kappa shape index (κ2) is 6.83. The molecule has 1 N–H and O–H groups in total. The third kappa shape index (κ3) is 3.56. The van der Waals surface area contributed by atoms with Crippen LogP contribution in [0.1, 0.15) is 27.9 Å². The van der Waals surface area contributed by atoms with Gasteiger partial charge in [0.15, 0.2) is 0 Å². The molecule has 1 heterocycles. The van der Waals surface area contributed by atoms with E-state index in [1.807, 2.05) is 42.8 Å². The lowest BCUT2D eigenvalue weighted by Gasteiger charge is -2.24. The molecule has 3 nitrogen and oxygen atoms in total. The van der Waals surface area contributed by atoms with Crippen LogP contribution in [-0.4, -0.2) is 47.1 Å². The van der Waals surface area contributed by atoms with Crippen molar-refractivity contribution in [3.05, 3.63) is 34.9 Å². The third-order valence-corrected chi connectivity index (χ3v) is 4.55. The highest BCUT2D eigenvalue weighted by atomic mass is 32.2. The molecular weight excluding hydrogens is 270 g/mol. The lowest BCUT2D eigenvalue weighted by atomic mass is 10.0.